The first-order chi connectivity index (χ1) is 7.00. The molecule has 15 heavy (non-hydrogen) atoms. The minimum Gasteiger partial charge on any atom is -0.462 e. The van der Waals surface area contributed by atoms with Crippen molar-refractivity contribution in [3.8, 4) is 0 Å². The molecule has 84 valence electrons. The number of hydrogen-bond acceptors (Lipinski definition) is 3. The highest BCUT2D eigenvalue weighted by Crippen LogP contribution is 2.12. The fourth-order valence-electron chi connectivity index (χ4n) is 1.39. The molecular formula is C11H17NO3. The molecule has 0 saturated heterocycles. The molecule has 1 unspecified atom stereocenters. The fourth-order valence-corrected chi connectivity index (χ4v) is 1.39. The van der Waals surface area contributed by atoms with E-state index in [2.05, 4.69) is 0 Å². The van der Waals surface area contributed by atoms with Crippen molar-refractivity contribution in [1.82, 2.24) is 4.57 Å². The first-order valence-corrected chi connectivity index (χ1v) is 5.03. The lowest BCUT2D eigenvalue weighted by Gasteiger charge is -2.12. The summed E-state index contributed by atoms with van der Waals surface area (Å²) in [7, 11) is 0. The number of carbonyl (C=O) groups excluding carboxylic acids is 1. The van der Waals surface area contributed by atoms with E-state index in [1.165, 1.54) is 0 Å². The Balaban J connectivity index is 2.64. The molecule has 0 aromatic carbocycles. The Kier molecular flexibility index (Phi) is 3.91. The number of aromatic nitrogens is 1. The van der Waals surface area contributed by atoms with Gasteiger partial charge in [0.25, 0.3) is 0 Å². The molecule has 0 bridgehead atoms. The minimum atomic E-state index is -0.577. The van der Waals surface area contributed by atoms with E-state index in [0.717, 1.165) is 5.69 Å². The molecule has 0 aliphatic rings. The van der Waals surface area contributed by atoms with E-state index >= 15 is 0 Å². The normalized spacial score (nSPS) is 12.9. The highest BCUT2D eigenvalue weighted by molar-refractivity contribution is 5.69. The number of rotatable bonds is 4. The molecule has 0 spiro atoms. The van der Waals surface area contributed by atoms with Gasteiger partial charge in [-0.1, -0.05) is 0 Å². The zero-order valence-corrected chi connectivity index (χ0v) is 9.30. The Morgan fingerprint density at radius 2 is 2.20 bits per heavy atom. The summed E-state index contributed by atoms with van der Waals surface area (Å²) in [4.78, 5) is 11.4. The van der Waals surface area contributed by atoms with Crippen LogP contribution in [0.5, 0.6) is 0 Å². The number of ether oxygens (including phenoxy) is 1. The van der Waals surface area contributed by atoms with Gasteiger partial charge in [0.1, 0.15) is 6.54 Å². The monoisotopic (exact) mass is 211 g/mol. The maximum absolute atomic E-state index is 11.4. The largest absolute Gasteiger partial charge is 0.462 e. The molecule has 0 saturated carbocycles. The van der Waals surface area contributed by atoms with E-state index < -0.39 is 6.10 Å². The van der Waals surface area contributed by atoms with Crippen molar-refractivity contribution in [3.63, 3.8) is 0 Å². The average molecular weight is 211 g/mol. The predicted molar refractivity (Wildman–Crippen MR) is 56.3 cm³/mol. The van der Waals surface area contributed by atoms with Crippen molar-refractivity contribution in [1.29, 1.82) is 0 Å². The summed E-state index contributed by atoms with van der Waals surface area (Å²) in [6.45, 7) is 5.43. The van der Waals surface area contributed by atoms with Crippen LogP contribution in [0, 0.1) is 0 Å². The van der Waals surface area contributed by atoms with Crippen LogP contribution in [-0.2, 0) is 16.1 Å². The molecule has 0 aliphatic heterocycles. The molecule has 1 rings (SSSR count). The van der Waals surface area contributed by atoms with E-state index in [4.69, 9.17) is 4.74 Å². The maximum Gasteiger partial charge on any atom is 0.326 e. The second-order valence-corrected chi connectivity index (χ2v) is 3.78. The number of esters is 1. The second-order valence-electron chi connectivity index (χ2n) is 3.78. The summed E-state index contributed by atoms with van der Waals surface area (Å²) in [6.07, 6.45) is 1.07. The summed E-state index contributed by atoms with van der Waals surface area (Å²) in [6, 6.07) is 3.58. The molecule has 1 N–H and O–H groups in total. The second kappa shape index (κ2) is 4.98. The predicted octanol–water partition coefficient (Wildman–Crippen LogP) is 1.49. The lowest BCUT2D eigenvalue weighted by atomic mass is 10.3. The summed E-state index contributed by atoms with van der Waals surface area (Å²) in [5.74, 6) is -0.289. The molecule has 1 heterocycles. The number of aliphatic hydroxyl groups is 1. The molecule has 1 aromatic heterocycles. The van der Waals surface area contributed by atoms with Crippen LogP contribution >= 0.6 is 0 Å². The number of nitrogens with zero attached hydrogens (tertiary/aromatic N) is 1. The lowest BCUT2D eigenvalue weighted by molar-refractivity contribution is -0.148. The zero-order chi connectivity index (χ0) is 11.4. The third-order valence-corrected chi connectivity index (χ3v) is 1.96. The van der Waals surface area contributed by atoms with Crippen LogP contribution < -0.4 is 0 Å². The fraction of sp³-hybridized carbons (Fsp3) is 0.545. The van der Waals surface area contributed by atoms with Crippen LogP contribution in [0.25, 0.3) is 0 Å². The Morgan fingerprint density at radius 3 is 2.73 bits per heavy atom. The van der Waals surface area contributed by atoms with E-state index in [1.807, 2.05) is 13.8 Å². The van der Waals surface area contributed by atoms with Crippen LogP contribution in [0.4, 0.5) is 0 Å². The SMILES string of the molecule is CC(C)OC(=O)Cn1cccc1C(C)O. The van der Waals surface area contributed by atoms with Crippen LogP contribution in [0.1, 0.15) is 32.6 Å². The molecule has 4 heteroatoms. The van der Waals surface area contributed by atoms with Gasteiger partial charge < -0.3 is 14.4 Å². The minimum absolute atomic E-state index is 0.108. The van der Waals surface area contributed by atoms with Gasteiger partial charge in [0.2, 0.25) is 0 Å². The zero-order valence-electron chi connectivity index (χ0n) is 9.30. The molecule has 0 aliphatic carbocycles. The van der Waals surface area contributed by atoms with Crippen molar-refractivity contribution < 1.29 is 14.6 Å². The summed E-state index contributed by atoms with van der Waals surface area (Å²) in [5, 5.41) is 9.42. The van der Waals surface area contributed by atoms with E-state index in [1.54, 1.807) is 29.8 Å². The highest BCUT2D eigenvalue weighted by Gasteiger charge is 2.11. The van der Waals surface area contributed by atoms with Gasteiger partial charge in [-0.05, 0) is 32.9 Å². The van der Waals surface area contributed by atoms with E-state index in [0.29, 0.717) is 0 Å². The molecule has 4 nitrogen and oxygen atoms in total. The third-order valence-electron chi connectivity index (χ3n) is 1.96. The summed E-state index contributed by atoms with van der Waals surface area (Å²) in [5.41, 5.74) is 0.718. The van der Waals surface area contributed by atoms with Gasteiger partial charge >= 0.3 is 5.97 Å². The standard InChI is InChI=1S/C11H17NO3/c1-8(2)15-11(14)7-12-6-4-5-10(12)9(3)13/h4-6,8-9,13H,7H2,1-3H3. The van der Waals surface area contributed by atoms with Gasteiger partial charge in [0, 0.05) is 11.9 Å². The Labute approximate surface area is 89.5 Å². The maximum atomic E-state index is 11.4. The first kappa shape index (κ1) is 11.8. The first-order valence-electron chi connectivity index (χ1n) is 5.03. The van der Waals surface area contributed by atoms with Crippen molar-refractivity contribution in [3.05, 3.63) is 24.0 Å². The Hall–Kier alpha value is -1.29. The van der Waals surface area contributed by atoms with Gasteiger partial charge in [-0.2, -0.15) is 0 Å². The van der Waals surface area contributed by atoms with Crippen LogP contribution in [0.3, 0.4) is 0 Å². The quantitative estimate of drug-likeness (QED) is 0.768. The number of hydrogen-bond donors (Lipinski definition) is 1. The Morgan fingerprint density at radius 1 is 1.53 bits per heavy atom. The van der Waals surface area contributed by atoms with Crippen LogP contribution in [0.2, 0.25) is 0 Å². The summed E-state index contributed by atoms with van der Waals surface area (Å²) >= 11 is 0. The van der Waals surface area contributed by atoms with Crippen molar-refractivity contribution in [2.45, 2.75) is 39.5 Å². The van der Waals surface area contributed by atoms with Gasteiger partial charge in [0.05, 0.1) is 12.2 Å². The van der Waals surface area contributed by atoms with E-state index in [9.17, 15) is 9.90 Å². The lowest BCUT2D eigenvalue weighted by Crippen LogP contribution is -2.18. The third kappa shape index (κ3) is 3.40. The molecule has 1 atom stereocenters. The number of aliphatic hydroxyl groups excluding tert-OH is 1. The average Bonchev–Trinajstić information content (AvgIpc) is 2.50. The van der Waals surface area contributed by atoms with Crippen LogP contribution in [-0.4, -0.2) is 21.7 Å². The molecule has 0 fully saturated rings. The van der Waals surface area contributed by atoms with Gasteiger partial charge in [-0.25, -0.2) is 0 Å². The number of carbonyl (C=O) groups is 1. The van der Waals surface area contributed by atoms with Gasteiger partial charge in [-0.3, -0.25) is 4.79 Å². The smallest absolute Gasteiger partial charge is 0.326 e. The van der Waals surface area contributed by atoms with Gasteiger partial charge in [0.15, 0.2) is 0 Å². The highest BCUT2D eigenvalue weighted by atomic mass is 16.5. The topological polar surface area (TPSA) is 51.5 Å². The van der Waals surface area contributed by atoms with Crippen molar-refractivity contribution >= 4 is 5.97 Å². The van der Waals surface area contributed by atoms with Crippen LogP contribution in [0.15, 0.2) is 18.3 Å². The molecule has 0 radical (unpaired) electrons. The summed E-state index contributed by atoms with van der Waals surface area (Å²) < 4.78 is 6.71. The molecular weight excluding hydrogens is 194 g/mol. The van der Waals surface area contributed by atoms with Crippen molar-refractivity contribution in [2.75, 3.05) is 0 Å². The molecule has 0 amide bonds. The van der Waals surface area contributed by atoms with Gasteiger partial charge in [-0.15, -0.1) is 0 Å². The van der Waals surface area contributed by atoms with E-state index in [-0.39, 0.29) is 18.6 Å². The Bertz CT molecular complexity index is 328. The molecule has 1 aromatic rings. The van der Waals surface area contributed by atoms with Crippen molar-refractivity contribution in [2.24, 2.45) is 0 Å².